The van der Waals surface area contributed by atoms with Gasteiger partial charge in [0, 0.05) is 25.1 Å². The summed E-state index contributed by atoms with van der Waals surface area (Å²) in [4.78, 5) is 0. The lowest BCUT2D eigenvalue weighted by Crippen LogP contribution is -2.01. The molecule has 0 saturated heterocycles. The molecule has 2 aromatic rings. The second-order valence-corrected chi connectivity index (χ2v) is 4.21. The molecular weight excluding hydrogens is 200 g/mol. The molecule has 0 radical (unpaired) electrons. The molecular formula is C12H14N4. The Morgan fingerprint density at radius 1 is 1.19 bits per heavy atom. The van der Waals surface area contributed by atoms with Crippen LogP contribution in [0.25, 0.3) is 0 Å². The molecule has 1 aliphatic rings. The Hall–Kier alpha value is -1.84. The van der Waals surface area contributed by atoms with Crippen LogP contribution >= 0.6 is 0 Å². The van der Waals surface area contributed by atoms with Crippen LogP contribution < -0.4 is 5.73 Å². The van der Waals surface area contributed by atoms with Gasteiger partial charge in [0.25, 0.3) is 0 Å². The first-order chi connectivity index (χ1) is 7.83. The van der Waals surface area contributed by atoms with E-state index in [9.17, 15) is 0 Å². The maximum atomic E-state index is 5.66. The number of fused-ring (bicyclic) bond motifs is 1. The summed E-state index contributed by atoms with van der Waals surface area (Å²) in [5.74, 6) is 2.20. The maximum Gasteiger partial charge on any atom is 0.137 e. The van der Waals surface area contributed by atoms with E-state index < -0.39 is 0 Å². The van der Waals surface area contributed by atoms with Gasteiger partial charge < -0.3 is 10.3 Å². The monoisotopic (exact) mass is 214 g/mol. The Kier molecular flexibility index (Phi) is 2.13. The van der Waals surface area contributed by atoms with E-state index >= 15 is 0 Å². The summed E-state index contributed by atoms with van der Waals surface area (Å²) in [6.07, 6.45) is 3.10. The second-order valence-electron chi connectivity index (χ2n) is 4.21. The first kappa shape index (κ1) is 9.39. The van der Waals surface area contributed by atoms with Crippen LogP contribution in [-0.4, -0.2) is 14.8 Å². The van der Waals surface area contributed by atoms with Crippen molar-refractivity contribution in [2.75, 3.05) is 5.73 Å². The molecule has 0 unspecified atom stereocenters. The fourth-order valence-corrected chi connectivity index (χ4v) is 2.16. The lowest BCUT2D eigenvalue weighted by molar-refractivity contribution is 0.700. The summed E-state index contributed by atoms with van der Waals surface area (Å²) in [5, 5.41) is 8.44. The van der Waals surface area contributed by atoms with Crippen LogP contribution in [0.1, 0.15) is 23.6 Å². The van der Waals surface area contributed by atoms with Gasteiger partial charge in [0.1, 0.15) is 11.6 Å². The number of hydrogen-bond acceptors (Lipinski definition) is 3. The topological polar surface area (TPSA) is 56.7 Å². The van der Waals surface area contributed by atoms with Gasteiger partial charge in [-0.1, -0.05) is 12.1 Å². The summed E-state index contributed by atoms with van der Waals surface area (Å²) in [6, 6.07) is 7.95. The van der Waals surface area contributed by atoms with Crippen LogP contribution in [0.15, 0.2) is 24.3 Å². The van der Waals surface area contributed by atoms with Crippen LogP contribution in [0.2, 0.25) is 0 Å². The van der Waals surface area contributed by atoms with E-state index in [1.807, 2.05) is 24.3 Å². The zero-order valence-corrected chi connectivity index (χ0v) is 9.06. The van der Waals surface area contributed by atoms with E-state index in [1.165, 1.54) is 12.0 Å². The fourth-order valence-electron chi connectivity index (χ4n) is 2.16. The number of benzene rings is 1. The van der Waals surface area contributed by atoms with Crippen molar-refractivity contribution >= 4 is 5.69 Å². The highest BCUT2D eigenvalue weighted by atomic mass is 15.3. The van der Waals surface area contributed by atoms with Crippen molar-refractivity contribution < 1.29 is 0 Å². The van der Waals surface area contributed by atoms with Crippen LogP contribution in [0, 0.1) is 0 Å². The van der Waals surface area contributed by atoms with Crippen molar-refractivity contribution in [1.82, 2.24) is 14.8 Å². The average molecular weight is 214 g/mol. The quantitative estimate of drug-likeness (QED) is 0.769. The van der Waals surface area contributed by atoms with Crippen LogP contribution in [-0.2, 0) is 19.4 Å². The fraction of sp³-hybridized carbons (Fsp3) is 0.333. The molecule has 0 bridgehead atoms. The van der Waals surface area contributed by atoms with Gasteiger partial charge in [-0.05, 0) is 24.1 Å². The highest BCUT2D eigenvalue weighted by Gasteiger charge is 2.16. The average Bonchev–Trinajstić information content (AvgIpc) is 2.86. The number of hydrogen-bond donors (Lipinski definition) is 1. The molecule has 0 aliphatic carbocycles. The van der Waals surface area contributed by atoms with E-state index in [0.29, 0.717) is 0 Å². The van der Waals surface area contributed by atoms with Crippen LogP contribution in [0.3, 0.4) is 0 Å². The standard InChI is InChI=1S/C12H14N4/c13-10-5-3-9(4-6-10)8-12-15-14-11-2-1-7-16(11)12/h3-6H,1-2,7-8,13H2. The molecule has 1 aromatic heterocycles. The first-order valence-corrected chi connectivity index (χ1v) is 5.58. The Labute approximate surface area is 94.1 Å². The van der Waals surface area contributed by atoms with Gasteiger partial charge in [-0.2, -0.15) is 0 Å². The van der Waals surface area contributed by atoms with Crippen molar-refractivity contribution in [1.29, 1.82) is 0 Å². The minimum Gasteiger partial charge on any atom is -0.399 e. The zero-order valence-electron chi connectivity index (χ0n) is 9.06. The van der Waals surface area contributed by atoms with Crippen molar-refractivity contribution in [3.63, 3.8) is 0 Å². The summed E-state index contributed by atoms with van der Waals surface area (Å²) in [6.45, 7) is 1.06. The van der Waals surface area contributed by atoms with Crippen LogP contribution in [0.5, 0.6) is 0 Å². The molecule has 2 heterocycles. The van der Waals surface area contributed by atoms with Gasteiger partial charge in [-0.15, -0.1) is 10.2 Å². The molecule has 4 heteroatoms. The van der Waals surface area contributed by atoms with Gasteiger partial charge in [-0.25, -0.2) is 0 Å². The molecule has 1 aromatic carbocycles. The number of nitrogens with zero attached hydrogens (tertiary/aromatic N) is 3. The third-order valence-corrected chi connectivity index (χ3v) is 3.03. The third kappa shape index (κ3) is 1.56. The van der Waals surface area contributed by atoms with E-state index in [0.717, 1.165) is 36.7 Å². The third-order valence-electron chi connectivity index (χ3n) is 3.03. The maximum absolute atomic E-state index is 5.66. The minimum atomic E-state index is 0.801. The minimum absolute atomic E-state index is 0.801. The summed E-state index contributed by atoms with van der Waals surface area (Å²) < 4.78 is 2.23. The molecule has 82 valence electrons. The Balaban J connectivity index is 1.86. The molecule has 4 nitrogen and oxygen atoms in total. The molecule has 0 saturated carbocycles. The Morgan fingerprint density at radius 3 is 2.81 bits per heavy atom. The molecule has 3 rings (SSSR count). The Bertz CT molecular complexity index is 498. The number of aryl methyl sites for hydroxylation is 1. The number of rotatable bonds is 2. The smallest absolute Gasteiger partial charge is 0.137 e. The predicted molar refractivity (Wildman–Crippen MR) is 62.0 cm³/mol. The summed E-state index contributed by atoms with van der Waals surface area (Å²) >= 11 is 0. The highest BCUT2D eigenvalue weighted by Crippen LogP contribution is 2.17. The van der Waals surface area contributed by atoms with Crippen molar-refractivity contribution in [2.24, 2.45) is 0 Å². The molecule has 0 fully saturated rings. The van der Waals surface area contributed by atoms with Crippen LogP contribution in [0.4, 0.5) is 5.69 Å². The van der Waals surface area contributed by atoms with E-state index in [1.54, 1.807) is 0 Å². The van der Waals surface area contributed by atoms with Gasteiger partial charge >= 0.3 is 0 Å². The molecule has 0 amide bonds. The van der Waals surface area contributed by atoms with E-state index in [2.05, 4.69) is 14.8 Å². The first-order valence-electron chi connectivity index (χ1n) is 5.58. The molecule has 0 spiro atoms. The van der Waals surface area contributed by atoms with E-state index in [-0.39, 0.29) is 0 Å². The largest absolute Gasteiger partial charge is 0.399 e. The number of aromatic nitrogens is 3. The van der Waals surface area contributed by atoms with Crippen molar-refractivity contribution in [3.05, 3.63) is 41.5 Å². The van der Waals surface area contributed by atoms with Crippen molar-refractivity contribution in [2.45, 2.75) is 25.8 Å². The van der Waals surface area contributed by atoms with Gasteiger partial charge in [0.05, 0.1) is 0 Å². The SMILES string of the molecule is Nc1ccc(Cc2nnc3n2CCC3)cc1. The lowest BCUT2D eigenvalue weighted by atomic mass is 10.1. The number of anilines is 1. The molecule has 2 N–H and O–H groups in total. The molecule has 1 aliphatic heterocycles. The number of nitrogens with two attached hydrogens (primary N) is 1. The van der Waals surface area contributed by atoms with Gasteiger partial charge in [0.2, 0.25) is 0 Å². The molecule has 0 atom stereocenters. The predicted octanol–water partition coefficient (Wildman–Crippen LogP) is 1.40. The Morgan fingerprint density at radius 2 is 2.00 bits per heavy atom. The summed E-state index contributed by atoms with van der Waals surface area (Å²) in [7, 11) is 0. The van der Waals surface area contributed by atoms with Gasteiger partial charge in [-0.3, -0.25) is 0 Å². The van der Waals surface area contributed by atoms with E-state index in [4.69, 9.17) is 5.73 Å². The number of nitrogen functional groups attached to an aromatic ring is 1. The molecule has 16 heavy (non-hydrogen) atoms. The second kappa shape index (κ2) is 3.63. The normalized spacial score (nSPS) is 14.0. The lowest BCUT2D eigenvalue weighted by Gasteiger charge is -2.03. The van der Waals surface area contributed by atoms with Gasteiger partial charge in [0.15, 0.2) is 0 Å². The summed E-state index contributed by atoms with van der Waals surface area (Å²) in [5.41, 5.74) is 7.69. The highest BCUT2D eigenvalue weighted by molar-refractivity contribution is 5.39. The van der Waals surface area contributed by atoms with Crippen molar-refractivity contribution in [3.8, 4) is 0 Å². The zero-order chi connectivity index (χ0) is 11.0.